The summed E-state index contributed by atoms with van der Waals surface area (Å²) in [4.78, 5) is 42.9. The van der Waals surface area contributed by atoms with Gasteiger partial charge in [-0.3, -0.25) is 14.1 Å². The van der Waals surface area contributed by atoms with Crippen molar-refractivity contribution >= 4 is 19.8 Å². The predicted octanol–water partition coefficient (Wildman–Crippen LogP) is 13.6. The molecule has 0 saturated carbocycles. The summed E-state index contributed by atoms with van der Waals surface area (Å²) >= 11 is 0. The molecule has 0 aromatic rings. The summed E-state index contributed by atoms with van der Waals surface area (Å²) in [6.45, 7) is 3.67. The van der Waals surface area contributed by atoms with Crippen molar-refractivity contribution in [3.8, 4) is 0 Å². The first kappa shape index (κ1) is 51.5. The number of carbonyl (C=O) groups is 2. The van der Waals surface area contributed by atoms with Gasteiger partial charge in [-0.05, 0) is 44.9 Å². The SMILES string of the molecule is CCCCC/C=C/C/C=C/CCCCCCCC(=O)O[C@H](COC(=O)CCCCCCCCCCCCCCCCCCCCCC)COP(=O)(O)O. The molecule has 0 aromatic heterocycles. The van der Waals surface area contributed by atoms with Crippen molar-refractivity contribution < 1.29 is 37.9 Å². The van der Waals surface area contributed by atoms with Gasteiger partial charge >= 0.3 is 19.8 Å². The van der Waals surface area contributed by atoms with E-state index in [0.717, 1.165) is 57.8 Å². The maximum atomic E-state index is 12.4. The Balaban J connectivity index is 3.86. The van der Waals surface area contributed by atoms with Crippen LogP contribution in [0.2, 0.25) is 0 Å². The molecule has 0 saturated heterocycles. The third-order valence-electron chi connectivity index (χ3n) is 9.72. The zero-order valence-electron chi connectivity index (χ0n) is 34.4. The Morgan fingerprint density at radius 1 is 0.491 bits per heavy atom. The van der Waals surface area contributed by atoms with Crippen molar-refractivity contribution in [1.82, 2.24) is 0 Å². The summed E-state index contributed by atoms with van der Waals surface area (Å²) in [7, 11) is -4.75. The predicted molar refractivity (Wildman–Crippen MR) is 221 cm³/mol. The van der Waals surface area contributed by atoms with Crippen LogP contribution >= 0.6 is 7.82 Å². The Morgan fingerprint density at radius 3 is 1.28 bits per heavy atom. The van der Waals surface area contributed by atoms with Gasteiger partial charge in [0.15, 0.2) is 6.10 Å². The van der Waals surface area contributed by atoms with Crippen molar-refractivity contribution in [2.24, 2.45) is 0 Å². The highest BCUT2D eigenvalue weighted by atomic mass is 31.2. The second-order valence-corrected chi connectivity index (χ2v) is 16.3. The normalized spacial score (nSPS) is 12.6. The van der Waals surface area contributed by atoms with E-state index < -0.39 is 32.5 Å². The van der Waals surface area contributed by atoms with Gasteiger partial charge in [0.2, 0.25) is 0 Å². The number of allylic oxidation sites excluding steroid dienone is 4. The highest BCUT2D eigenvalue weighted by molar-refractivity contribution is 7.46. The molecule has 0 radical (unpaired) electrons. The molecular formula is C44H83O8P. The molecule has 9 heteroatoms. The van der Waals surface area contributed by atoms with Gasteiger partial charge < -0.3 is 19.3 Å². The van der Waals surface area contributed by atoms with Crippen molar-refractivity contribution in [2.45, 2.75) is 232 Å². The quantitative estimate of drug-likeness (QED) is 0.0273. The van der Waals surface area contributed by atoms with Crippen LogP contribution in [0, 0.1) is 0 Å². The summed E-state index contributed by atoms with van der Waals surface area (Å²) in [5, 5.41) is 0. The van der Waals surface area contributed by atoms with Gasteiger partial charge in [0, 0.05) is 12.8 Å². The number of phosphoric acid groups is 1. The van der Waals surface area contributed by atoms with E-state index in [9.17, 15) is 14.2 Å². The van der Waals surface area contributed by atoms with Gasteiger partial charge in [-0.2, -0.15) is 0 Å². The molecule has 8 nitrogen and oxygen atoms in total. The molecule has 0 rings (SSSR count). The Morgan fingerprint density at radius 2 is 0.849 bits per heavy atom. The van der Waals surface area contributed by atoms with E-state index in [-0.39, 0.29) is 19.4 Å². The Bertz CT molecular complexity index is 915. The first-order valence-corrected chi connectivity index (χ1v) is 23.7. The monoisotopic (exact) mass is 771 g/mol. The van der Waals surface area contributed by atoms with Crippen LogP contribution in [0.25, 0.3) is 0 Å². The zero-order valence-corrected chi connectivity index (χ0v) is 35.3. The van der Waals surface area contributed by atoms with E-state index in [4.69, 9.17) is 19.3 Å². The molecule has 0 aliphatic heterocycles. The van der Waals surface area contributed by atoms with Crippen LogP contribution < -0.4 is 0 Å². The molecule has 0 aliphatic rings. The average molecular weight is 771 g/mol. The molecule has 2 N–H and O–H groups in total. The summed E-state index contributed by atoms with van der Waals surface area (Å²) < 4.78 is 26.4. The second kappa shape index (κ2) is 40.2. The number of ether oxygens (including phenoxy) is 2. The lowest BCUT2D eigenvalue weighted by molar-refractivity contribution is -0.161. The number of hydrogen-bond donors (Lipinski definition) is 2. The largest absolute Gasteiger partial charge is 0.469 e. The summed E-state index contributed by atoms with van der Waals surface area (Å²) in [6, 6.07) is 0. The summed E-state index contributed by atoms with van der Waals surface area (Å²) in [6.07, 6.45) is 46.2. The third-order valence-corrected chi connectivity index (χ3v) is 10.2. The van der Waals surface area contributed by atoms with Crippen LogP contribution in [0.1, 0.15) is 226 Å². The zero-order chi connectivity index (χ0) is 38.9. The average Bonchev–Trinajstić information content (AvgIpc) is 3.13. The number of carbonyl (C=O) groups excluding carboxylic acids is 2. The Kier molecular flexibility index (Phi) is 39.1. The van der Waals surface area contributed by atoms with Crippen molar-refractivity contribution in [3.05, 3.63) is 24.3 Å². The molecule has 0 fully saturated rings. The van der Waals surface area contributed by atoms with E-state index in [2.05, 4.69) is 42.7 Å². The van der Waals surface area contributed by atoms with Crippen LogP contribution in [0.15, 0.2) is 24.3 Å². The smallest absolute Gasteiger partial charge is 0.462 e. The molecule has 0 heterocycles. The van der Waals surface area contributed by atoms with Crippen LogP contribution in [0.4, 0.5) is 0 Å². The highest BCUT2D eigenvalue weighted by Gasteiger charge is 2.22. The number of esters is 2. The van der Waals surface area contributed by atoms with E-state index in [1.54, 1.807) is 0 Å². The van der Waals surface area contributed by atoms with Crippen LogP contribution in [-0.4, -0.2) is 41.0 Å². The molecule has 0 unspecified atom stereocenters. The van der Waals surface area contributed by atoms with E-state index >= 15 is 0 Å². The highest BCUT2D eigenvalue weighted by Crippen LogP contribution is 2.36. The van der Waals surface area contributed by atoms with Crippen molar-refractivity contribution in [2.75, 3.05) is 13.2 Å². The lowest BCUT2D eigenvalue weighted by atomic mass is 10.0. The lowest BCUT2D eigenvalue weighted by Crippen LogP contribution is -2.29. The first-order valence-electron chi connectivity index (χ1n) is 22.1. The molecular weight excluding hydrogens is 687 g/mol. The van der Waals surface area contributed by atoms with Crippen LogP contribution in [-0.2, 0) is 28.2 Å². The second-order valence-electron chi connectivity index (χ2n) is 15.0. The van der Waals surface area contributed by atoms with Gasteiger partial charge in [0.05, 0.1) is 6.61 Å². The van der Waals surface area contributed by atoms with E-state index in [1.165, 1.54) is 135 Å². The first-order chi connectivity index (χ1) is 25.8. The third kappa shape index (κ3) is 43.1. The minimum absolute atomic E-state index is 0.199. The number of rotatable bonds is 41. The topological polar surface area (TPSA) is 119 Å². The van der Waals surface area contributed by atoms with Crippen LogP contribution in [0.3, 0.4) is 0 Å². The van der Waals surface area contributed by atoms with Gasteiger partial charge in [-0.1, -0.05) is 192 Å². The van der Waals surface area contributed by atoms with Crippen molar-refractivity contribution in [3.63, 3.8) is 0 Å². The fraction of sp³-hybridized carbons (Fsp3) is 0.864. The fourth-order valence-electron chi connectivity index (χ4n) is 6.40. The molecule has 1 atom stereocenters. The van der Waals surface area contributed by atoms with Gasteiger partial charge in [0.1, 0.15) is 6.61 Å². The molecule has 0 amide bonds. The number of phosphoric ester groups is 1. The standard InChI is InChI=1S/C44H83O8P/c1-3-5-7-9-11-13-15-17-19-20-21-22-23-25-26-28-30-32-34-36-38-43(45)50-40-42(41-51-53(47,48)49)52-44(46)39-37-35-33-31-29-27-24-18-16-14-12-10-8-6-4-2/h12,14,18,24,42H,3-11,13,15-17,19-23,25-41H2,1-2H3,(H2,47,48,49)/b14-12+,24-18+/t42-/m1/s1. The minimum atomic E-state index is -4.75. The molecule has 0 bridgehead atoms. The Hall–Kier alpha value is -1.47. The van der Waals surface area contributed by atoms with E-state index in [1.807, 2.05) is 0 Å². The minimum Gasteiger partial charge on any atom is -0.462 e. The maximum Gasteiger partial charge on any atom is 0.469 e. The molecule has 0 aliphatic carbocycles. The maximum absolute atomic E-state index is 12.4. The van der Waals surface area contributed by atoms with Gasteiger partial charge in [-0.15, -0.1) is 0 Å². The molecule has 0 aromatic carbocycles. The van der Waals surface area contributed by atoms with E-state index in [0.29, 0.717) is 6.42 Å². The number of hydrogen-bond acceptors (Lipinski definition) is 6. The van der Waals surface area contributed by atoms with Crippen molar-refractivity contribution in [1.29, 1.82) is 0 Å². The Labute approximate surface area is 326 Å². The molecule has 53 heavy (non-hydrogen) atoms. The van der Waals surface area contributed by atoms with Gasteiger partial charge in [0.25, 0.3) is 0 Å². The molecule has 312 valence electrons. The summed E-state index contributed by atoms with van der Waals surface area (Å²) in [5.41, 5.74) is 0. The van der Waals surface area contributed by atoms with Crippen LogP contribution in [0.5, 0.6) is 0 Å². The van der Waals surface area contributed by atoms with Gasteiger partial charge in [-0.25, -0.2) is 4.57 Å². The molecule has 0 spiro atoms. The fourth-order valence-corrected chi connectivity index (χ4v) is 6.77. The lowest BCUT2D eigenvalue weighted by Gasteiger charge is -2.18. The number of unbranched alkanes of at least 4 members (excludes halogenated alkanes) is 27. The summed E-state index contributed by atoms with van der Waals surface area (Å²) in [5.74, 6) is -0.890.